The van der Waals surface area contributed by atoms with Crippen LogP contribution in [-0.4, -0.2) is 11.7 Å². The SMILES string of the molecule is CC(=O)Nc1ccc2c(COc3ccc(C(=O)c4ccc(F)cc4)cc3)cc(=O)oc2c1. The van der Waals surface area contributed by atoms with Gasteiger partial charge in [-0.1, -0.05) is 0 Å². The van der Waals surface area contributed by atoms with Crippen molar-refractivity contribution >= 4 is 28.3 Å². The summed E-state index contributed by atoms with van der Waals surface area (Å²) in [4.78, 5) is 35.7. The van der Waals surface area contributed by atoms with Crippen LogP contribution in [0.2, 0.25) is 0 Å². The quantitative estimate of drug-likeness (QED) is 0.353. The van der Waals surface area contributed by atoms with Crippen LogP contribution in [0.25, 0.3) is 11.0 Å². The van der Waals surface area contributed by atoms with E-state index in [0.717, 1.165) is 0 Å². The van der Waals surface area contributed by atoms with Gasteiger partial charge in [-0.2, -0.15) is 0 Å². The van der Waals surface area contributed by atoms with Gasteiger partial charge in [-0.05, 0) is 60.7 Å². The third-order valence-electron chi connectivity index (χ3n) is 4.77. The van der Waals surface area contributed by atoms with Crippen molar-refractivity contribution in [3.05, 3.63) is 106 Å². The van der Waals surface area contributed by atoms with Gasteiger partial charge in [0.05, 0.1) is 0 Å². The Bertz CT molecular complexity index is 1360. The molecule has 4 aromatic rings. The summed E-state index contributed by atoms with van der Waals surface area (Å²) in [6.45, 7) is 1.50. The molecular formula is C25H18FNO5. The van der Waals surface area contributed by atoms with Gasteiger partial charge in [-0.25, -0.2) is 9.18 Å². The Morgan fingerprint density at radius 1 is 0.938 bits per heavy atom. The van der Waals surface area contributed by atoms with Crippen molar-refractivity contribution in [3.8, 4) is 5.75 Å². The average Bonchev–Trinajstić information content (AvgIpc) is 2.77. The number of nitrogens with one attached hydrogen (secondary N) is 1. The van der Waals surface area contributed by atoms with Gasteiger partial charge in [-0.15, -0.1) is 0 Å². The Labute approximate surface area is 182 Å². The molecule has 6 nitrogen and oxygen atoms in total. The van der Waals surface area contributed by atoms with Crippen molar-refractivity contribution in [2.45, 2.75) is 13.5 Å². The van der Waals surface area contributed by atoms with Gasteiger partial charge >= 0.3 is 5.63 Å². The van der Waals surface area contributed by atoms with Crippen LogP contribution in [0.4, 0.5) is 10.1 Å². The predicted octanol–water partition coefficient (Wildman–Crippen LogP) is 4.70. The molecule has 1 N–H and O–H groups in total. The maximum Gasteiger partial charge on any atom is 0.336 e. The van der Waals surface area contributed by atoms with Gasteiger partial charge in [0.2, 0.25) is 5.91 Å². The van der Waals surface area contributed by atoms with Gasteiger partial charge in [0.1, 0.15) is 23.8 Å². The number of amides is 1. The van der Waals surface area contributed by atoms with Crippen LogP contribution in [0.15, 0.2) is 82.0 Å². The maximum atomic E-state index is 13.1. The first-order chi connectivity index (χ1) is 15.4. The van der Waals surface area contributed by atoms with E-state index in [9.17, 15) is 18.8 Å². The molecule has 0 aliphatic rings. The zero-order valence-corrected chi connectivity index (χ0v) is 17.1. The predicted molar refractivity (Wildman–Crippen MR) is 117 cm³/mol. The van der Waals surface area contributed by atoms with E-state index in [-0.39, 0.29) is 18.3 Å². The number of benzene rings is 3. The number of anilines is 1. The van der Waals surface area contributed by atoms with E-state index in [1.54, 1.807) is 42.5 Å². The van der Waals surface area contributed by atoms with Crippen molar-refractivity contribution in [2.75, 3.05) is 5.32 Å². The van der Waals surface area contributed by atoms with E-state index in [4.69, 9.17) is 9.15 Å². The van der Waals surface area contributed by atoms with E-state index >= 15 is 0 Å². The molecule has 0 saturated carbocycles. The summed E-state index contributed by atoms with van der Waals surface area (Å²) in [5, 5.41) is 3.33. The summed E-state index contributed by atoms with van der Waals surface area (Å²) >= 11 is 0. The van der Waals surface area contributed by atoms with Crippen LogP contribution >= 0.6 is 0 Å². The molecule has 1 aromatic heterocycles. The highest BCUT2D eigenvalue weighted by Gasteiger charge is 2.11. The molecule has 7 heteroatoms. The van der Waals surface area contributed by atoms with Crippen molar-refractivity contribution < 1.29 is 23.1 Å². The molecule has 3 aromatic carbocycles. The number of hydrogen-bond acceptors (Lipinski definition) is 5. The van der Waals surface area contributed by atoms with Gasteiger partial charge in [0.25, 0.3) is 0 Å². The first-order valence-electron chi connectivity index (χ1n) is 9.76. The number of hydrogen-bond donors (Lipinski definition) is 1. The molecule has 1 heterocycles. The van der Waals surface area contributed by atoms with Crippen molar-refractivity contribution in [3.63, 3.8) is 0 Å². The fourth-order valence-corrected chi connectivity index (χ4v) is 3.26. The highest BCUT2D eigenvalue weighted by Crippen LogP contribution is 2.23. The van der Waals surface area contributed by atoms with Crippen LogP contribution in [0, 0.1) is 5.82 Å². The average molecular weight is 431 g/mol. The summed E-state index contributed by atoms with van der Waals surface area (Å²) in [7, 11) is 0. The fraction of sp³-hybridized carbons (Fsp3) is 0.0800. The van der Waals surface area contributed by atoms with Crippen molar-refractivity contribution in [1.82, 2.24) is 0 Å². The molecule has 0 radical (unpaired) electrons. The molecular weight excluding hydrogens is 413 g/mol. The molecule has 0 aliphatic carbocycles. The first-order valence-corrected chi connectivity index (χ1v) is 9.76. The number of ketones is 1. The Morgan fingerprint density at radius 2 is 1.59 bits per heavy atom. The Balaban J connectivity index is 1.50. The van der Waals surface area contributed by atoms with Crippen molar-refractivity contribution in [2.24, 2.45) is 0 Å². The Hall–Kier alpha value is -4.26. The van der Waals surface area contributed by atoms with Gasteiger partial charge in [0, 0.05) is 46.8 Å². The smallest absolute Gasteiger partial charge is 0.336 e. The summed E-state index contributed by atoms with van der Waals surface area (Å²) in [6.07, 6.45) is 0. The standard InChI is InChI=1S/C25H18FNO5/c1-15(28)27-20-8-11-22-18(12-24(29)32-23(22)13-20)14-31-21-9-4-17(5-10-21)25(30)16-2-6-19(26)7-3-16/h2-13H,14H2,1H3,(H,27,28). The second-order valence-corrected chi connectivity index (χ2v) is 7.13. The highest BCUT2D eigenvalue weighted by molar-refractivity contribution is 6.09. The normalized spacial score (nSPS) is 10.7. The van der Waals surface area contributed by atoms with Gasteiger partial charge in [-0.3, -0.25) is 9.59 Å². The van der Waals surface area contributed by atoms with E-state index in [1.165, 1.54) is 37.3 Å². The summed E-state index contributed by atoms with van der Waals surface area (Å²) in [6, 6.07) is 18.3. The number of fused-ring (bicyclic) bond motifs is 1. The molecule has 0 aliphatic heterocycles. The molecule has 0 unspecified atom stereocenters. The molecule has 4 rings (SSSR count). The van der Waals surface area contributed by atoms with Crippen LogP contribution in [-0.2, 0) is 11.4 Å². The minimum Gasteiger partial charge on any atom is -0.489 e. The molecule has 0 spiro atoms. The lowest BCUT2D eigenvalue weighted by atomic mass is 10.0. The van der Waals surface area contributed by atoms with Crippen LogP contribution in [0.3, 0.4) is 0 Å². The molecule has 1 amide bonds. The third-order valence-corrected chi connectivity index (χ3v) is 4.77. The van der Waals surface area contributed by atoms with Crippen LogP contribution < -0.4 is 15.7 Å². The van der Waals surface area contributed by atoms with Crippen molar-refractivity contribution in [1.29, 1.82) is 0 Å². The number of ether oxygens (including phenoxy) is 1. The Morgan fingerprint density at radius 3 is 2.25 bits per heavy atom. The second kappa shape index (κ2) is 8.85. The van der Waals surface area contributed by atoms with Crippen LogP contribution in [0.5, 0.6) is 5.75 Å². The lowest BCUT2D eigenvalue weighted by molar-refractivity contribution is -0.114. The second-order valence-electron chi connectivity index (χ2n) is 7.13. The summed E-state index contributed by atoms with van der Waals surface area (Å²) in [5.41, 5.74) is 1.78. The summed E-state index contributed by atoms with van der Waals surface area (Å²) < 4.78 is 24.1. The minimum atomic E-state index is -0.531. The molecule has 0 saturated heterocycles. The number of carbonyl (C=O) groups excluding carboxylic acids is 2. The zero-order chi connectivity index (χ0) is 22.7. The van der Waals surface area contributed by atoms with Gasteiger partial charge < -0.3 is 14.5 Å². The van der Waals surface area contributed by atoms with E-state index in [2.05, 4.69) is 5.32 Å². The maximum absolute atomic E-state index is 13.1. The number of halogens is 1. The zero-order valence-electron chi connectivity index (χ0n) is 17.1. The molecule has 0 bridgehead atoms. The largest absolute Gasteiger partial charge is 0.489 e. The number of carbonyl (C=O) groups is 2. The molecule has 32 heavy (non-hydrogen) atoms. The molecule has 160 valence electrons. The number of rotatable bonds is 6. The lowest BCUT2D eigenvalue weighted by Crippen LogP contribution is -2.07. The lowest BCUT2D eigenvalue weighted by Gasteiger charge is -2.10. The minimum absolute atomic E-state index is 0.104. The Kier molecular flexibility index (Phi) is 5.81. The fourth-order valence-electron chi connectivity index (χ4n) is 3.26. The highest BCUT2D eigenvalue weighted by atomic mass is 19.1. The van der Waals surface area contributed by atoms with E-state index < -0.39 is 11.4 Å². The third kappa shape index (κ3) is 4.73. The summed E-state index contributed by atoms with van der Waals surface area (Å²) in [5.74, 6) is -0.346. The molecule has 0 fully saturated rings. The van der Waals surface area contributed by atoms with E-state index in [0.29, 0.717) is 39.1 Å². The van der Waals surface area contributed by atoms with Crippen LogP contribution in [0.1, 0.15) is 28.4 Å². The topological polar surface area (TPSA) is 85.6 Å². The first kappa shape index (κ1) is 21.0. The monoisotopic (exact) mass is 431 g/mol. The van der Waals surface area contributed by atoms with Gasteiger partial charge in [0.15, 0.2) is 5.78 Å². The molecule has 0 atom stereocenters. The van der Waals surface area contributed by atoms with E-state index in [1.807, 2.05) is 0 Å².